The van der Waals surface area contributed by atoms with Gasteiger partial charge in [0.25, 0.3) is 0 Å². The van der Waals surface area contributed by atoms with Crippen LogP contribution in [0.25, 0.3) is 0 Å². The summed E-state index contributed by atoms with van der Waals surface area (Å²) in [5.41, 5.74) is 0.984. The van der Waals surface area contributed by atoms with Gasteiger partial charge in [-0.1, -0.05) is 0 Å². The van der Waals surface area contributed by atoms with Crippen molar-refractivity contribution in [1.82, 2.24) is 9.55 Å². The van der Waals surface area contributed by atoms with E-state index in [9.17, 15) is 4.79 Å². The lowest BCUT2D eigenvalue weighted by molar-refractivity contribution is 0.111. The van der Waals surface area contributed by atoms with E-state index >= 15 is 0 Å². The van der Waals surface area contributed by atoms with Crippen LogP contribution in [-0.2, 0) is 6.54 Å². The fourth-order valence-corrected chi connectivity index (χ4v) is 1.59. The molecule has 0 radical (unpaired) electrons. The van der Waals surface area contributed by atoms with Crippen LogP contribution in [0.4, 0.5) is 0 Å². The normalized spacial score (nSPS) is 10.4. The van der Waals surface area contributed by atoms with Gasteiger partial charge < -0.3 is 8.98 Å². The van der Waals surface area contributed by atoms with Crippen molar-refractivity contribution in [3.8, 4) is 0 Å². The lowest BCUT2D eigenvalue weighted by Crippen LogP contribution is -2.02. The number of carbonyl (C=O) groups excluding carboxylic acids is 1. The monoisotopic (exact) mass is 254 g/mol. The Morgan fingerprint density at radius 3 is 3.14 bits per heavy atom. The smallest absolute Gasteiger partial charge is 0.185 e. The Morgan fingerprint density at radius 1 is 1.64 bits per heavy atom. The molecule has 0 aliphatic rings. The van der Waals surface area contributed by atoms with E-state index < -0.39 is 0 Å². The molecule has 0 saturated carbocycles. The van der Waals surface area contributed by atoms with Gasteiger partial charge in [0.15, 0.2) is 16.8 Å². The third kappa shape index (κ3) is 1.77. The van der Waals surface area contributed by atoms with Gasteiger partial charge in [-0.3, -0.25) is 4.79 Å². The first-order valence-electron chi connectivity index (χ1n) is 3.99. The lowest BCUT2D eigenvalue weighted by atomic mass is 10.3. The quantitative estimate of drug-likeness (QED) is 0.789. The average Bonchev–Trinajstić information content (AvgIpc) is 2.76. The highest BCUT2D eigenvalue weighted by molar-refractivity contribution is 9.10. The fraction of sp³-hybridized carbons (Fsp3) is 0.111. The molecule has 0 amide bonds. The highest BCUT2D eigenvalue weighted by Crippen LogP contribution is 2.15. The number of carbonyl (C=O) groups is 1. The molecule has 4 nitrogen and oxygen atoms in total. The summed E-state index contributed by atoms with van der Waals surface area (Å²) in [5.74, 6) is 0.419. The molecule has 2 aromatic heterocycles. The van der Waals surface area contributed by atoms with Crippen LogP contribution >= 0.6 is 15.9 Å². The summed E-state index contributed by atoms with van der Waals surface area (Å²) in [7, 11) is 0. The molecule has 2 heterocycles. The molecular formula is C9H7BrN2O2. The SMILES string of the molecule is O=Cc1nccn1Cc1coc(Br)c1. The van der Waals surface area contributed by atoms with Crippen molar-refractivity contribution in [2.75, 3.05) is 0 Å². The zero-order valence-corrected chi connectivity index (χ0v) is 8.77. The van der Waals surface area contributed by atoms with E-state index in [4.69, 9.17) is 4.42 Å². The van der Waals surface area contributed by atoms with E-state index in [1.807, 2.05) is 6.07 Å². The largest absolute Gasteiger partial charge is 0.457 e. The first-order valence-corrected chi connectivity index (χ1v) is 4.78. The third-order valence-electron chi connectivity index (χ3n) is 1.83. The topological polar surface area (TPSA) is 48.0 Å². The van der Waals surface area contributed by atoms with Crippen LogP contribution in [0, 0.1) is 0 Å². The summed E-state index contributed by atoms with van der Waals surface area (Å²) in [5, 5.41) is 0. The predicted molar refractivity (Wildman–Crippen MR) is 53.1 cm³/mol. The first-order chi connectivity index (χ1) is 6.79. The number of aldehydes is 1. The highest BCUT2D eigenvalue weighted by Gasteiger charge is 2.03. The molecule has 0 atom stereocenters. The molecule has 2 rings (SSSR count). The number of aromatic nitrogens is 2. The predicted octanol–water partition coefficient (Wildman–Crippen LogP) is 2.10. The number of imidazole rings is 1. The van der Waals surface area contributed by atoms with Crippen LogP contribution in [-0.4, -0.2) is 15.8 Å². The van der Waals surface area contributed by atoms with Crippen LogP contribution in [0.5, 0.6) is 0 Å². The van der Waals surface area contributed by atoms with Crippen LogP contribution in [0.2, 0.25) is 0 Å². The van der Waals surface area contributed by atoms with Crippen molar-refractivity contribution < 1.29 is 9.21 Å². The van der Waals surface area contributed by atoms with Crippen molar-refractivity contribution in [2.45, 2.75) is 6.54 Å². The van der Waals surface area contributed by atoms with E-state index in [1.54, 1.807) is 23.2 Å². The Balaban J connectivity index is 2.22. The van der Waals surface area contributed by atoms with Gasteiger partial charge in [-0.05, 0) is 22.0 Å². The standard InChI is InChI=1S/C9H7BrN2O2/c10-8-3-7(6-14-8)4-12-2-1-11-9(12)5-13/h1-3,5-6H,4H2. The van der Waals surface area contributed by atoms with Gasteiger partial charge in [0, 0.05) is 18.0 Å². The molecule has 2 aromatic rings. The van der Waals surface area contributed by atoms with E-state index in [1.165, 1.54) is 0 Å². The molecule has 0 bridgehead atoms. The Kier molecular flexibility index (Phi) is 2.49. The maximum absolute atomic E-state index is 10.6. The summed E-state index contributed by atoms with van der Waals surface area (Å²) >= 11 is 3.21. The Labute approximate surface area is 88.7 Å². The number of hydrogen-bond donors (Lipinski definition) is 0. The van der Waals surface area contributed by atoms with Gasteiger partial charge in [0.2, 0.25) is 0 Å². The van der Waals surface area contributed by atoms with Gasteiger partial charge in [-0.2, -0.15) is 0 Å². The Hall–Kier alpha value is -1.36. The molecule has 0 saturated heterocycles. The molecule has 0 fully saturated rings. The van der Waals surface area contributed by atoms with Crippen LogP contribution in [0.15, 0.2) is 33.8 Å². The zero-order valence-electron chi connectivity index (χ0n) is 7.18. The van der Waals surface area contributed by atoms with Gasteiger partial charge in [0.05, 0.1) is 12.8 Å². The summed E-state index contributed by atoms with van der Waals surface area (Å²) in [6.07, 6.45) is 5.72. The summed E-state index contributed by atoms with van der Waals surface area (Å²) in [6.45, 7) is 0.586. The lowest BCUT2D eigenvalue weighted by Gasteiger charge is -1.99. The molecule has 0 N–H and O–H groups in total. The molecule has 0 aromatic carbocycles. The molecule has 0 unspecified atom stereocenters. The van der Waals surface area contributed by atoms with Gasteiger partial charge >= 0.3 is 0 Å². The Morgan fingerprint density at radius 2 is 2.50 bits per heavy atom. The van der Waals surface area contributed by atoms with E-state index in [2.05, 4.69) is 20.9 Å². The van der Waals surface area contributed by atoms with Crippen LogP contribution in [0.3, 0.4) is 0 Å². The van der Waals surface area contributed by atoms with Crippen molar-refractivity contribution >= 4 is 22.2 Å². The zero-order chi connectivity index (χ0) is 9.97. The van der Waals surface area contributed by atoms with Crippen LogP contribution < -0.4 is 0 Å². The van der Waals surface area contributed by atoms with Crippen molar-refractivity contribution in [2.24, 2.45) is 0 Å². The number of nitrogens with zero attached hydrogens (tertiary/aromatic N) is 2. The second kappa shape index (κ2) is 3.79. The van der Waals surface area contributed by atoms with Crippen molar-refractivity contribution in [3.63, 3.8) is 0 Å². The van der Waals surface area contributed by atoms with Gasteiger partial charge in [-0.25, -0.2) is 4.98 Å². The summed E-state index contributed by atoms with van der Waals surface area (Å²) in [4.78, 5) is 14.5. The Bertz CT molecular complexity index is 447. The van der Waals surface area contributed by atoms with E-state index in [-0.39, 0.29) is 0 Å². The molecule has 72 valence electrons. The second-order valence-corrected chi connectivity index (χ2v) is 3.57. The second-order valence-electron chi connectivity index (χ2n) is 2.79. The fourth-order valence-electron chi connectivity index (χ4n) is 1.20. The molecule has 5 heteroatoms. The highest BCUT2D eigenvalue weighted by atomic mass is 79.9. The maximum Gasteiger partial charge on any atom is 0.185 e. The van der Waals surface area contributed by atoms with Gasteiger partial charge in [0.1, 0.15) is 0 Å². The summed E-state index contributed by atoms with van der Waals surface area (Å²) < 4.78 is 7.52. The molecule has 0 spiro atoms. The third-order valence-corrected chi connectivity index (χ3v) is 2.24. The molecule has 0 aliphatic heterocycles. The minimum atomic E-state index is 0.419. The van der Waals surface area contributed by atoms with Crippen molar-refractivity contribution in [3.05, 3.63) is 40.8 Å². The molecule has 0 aliphatic carbocycles. The van der Waals surface area contributed by atoms with E-state index in [0.29, 0.717) is 17.0 Å². The van der Waals surface area contributed by atoms with Crippen LogP contribution in [0.1, 0.15) is 16.2 Å². The number of halogens is 1. The number of hydrogen-bond acceptors (Lipinski definition) is 3. The average molecular weight is 255 g/mol. The minimum absolute atomic E-state index is 0.419. The van der Waals surface area contributed by atoms with Gasteiger partial charge in [-0.15, -0.1) is 0 Å². The number of furan rings is 1. The first kappa shape index (κ1) is 9.21. The maximum atomic E-state index is 10.6. The number of rotatable bonds is 3. The summed E-state index contributed by atoms with van der Waals surface area (Å²) in [6, 6.07) is 1.86. The molecular weight excluding hydrogens is 248 g/mol. The van der Waals surface area contributed by atoms with E-state index in [0.717, 1.165) is 11.8 Å². The molecule has 14 heavy (non-hydrogen) atoms. The van der Waals surface area contributed by atoms with Crippen molar-refractivity contribution in [1.29, 1.82) is 0 Å². The minimum Gasteiger partial charge on any atom is -0.457 e.